The number of nitrogens with zero attached hydrogens (tertiary/aromatic N) is 9. The summed E-state index contributed by atoms with van der Waals surface area (Å²) in [6.07, 6.45) is -6.41. The molecule has 108 heavy (non-hydrogen) atoms. The highest BCUT2D eigenvalue weighted by atomic mass is 19.4. The molecule has 2 saturated heterocycles. The normalized spacial score (nSPS) is 26.0. The van der Waals surface area contributed by atoms with E-state index in [0.717, 1.165) is 65.6 Å². The average molecular weight is 1530 g/mol. The molecule has 7 rings (SSSR count). The van der Waals surface area contributed by atoms with Gasteiger partial charge in [0.05, 0.1) is 31.2 Å². The summed E-state index contributed by atoms with van der Waals surface area (Å²) in [5, 5.41) is 8.27. The van der Waals surface area contributed by atoms with Gasteiger partial charge in [-0.15, -0.1) is 0 Å². The molecular weight excluding hydrogens is 1430 g/mol. The second kappa shape index (κ2) is 37.1. The van der Waals surface area contributed by atoms with Gasteiger partial charge in [-0.2, -0.15) is 26.3 Å². The SMILES string of the molecule is CCCC[C@H]1C(=O)N[C@@H]([C@@H](C)CC)C(=O)N(C)CC(=O)N(C)[C@H]2C/C=C\CCN(C2=O)[C@@H](Cc2ccc(C(F)(F)F)cc2)C(=O)N(C)CC(=O)N[C@@H](CCc2cc(F)c(C(F)(F)F)c(F)c2)C(=O)N2C[C@H](OCC)C[C@H]2C(=O)NC2(CCC2)C(=O)N(C)[C@@H](C2CCCC2)C(=O)N(C)[C@H](C(=O)N(C)C)CC(=O)N1C. The standard InChI is InChI=1S/C75H104F8N12O13/c1-13-16-25-53-64(99)85-62(44(4)14-2)70(105)89(8)43-60(98)91(10)54-26-18-17-21-35-94(69(54)104)57(38-45-27-30-48(31-28-45)74(78,79)80)68(103)88(7)42-58(96)84-52(32-29-46-36-50(76)61(51(77)37-46)75(81,82)83)66(101)95-41-49(108-15-3)39-55(95)65(100)86-73(33-22-34-73)72(107)93(12)63(47-23-19-20-24-47)71(106)92(11)56(67(102)87(5)6)40-59(97)90(53)9/h17-18,27-28,30-31,36-37,44,47,49,52-57,62-63H,13-16,19-26,29,32-35,38-43H2,1-12H3,(H,84,96)(H,85,99)(H,86,100)/b18-17-/t44-,49+,52-,53-,54-,55-,56-,57-,62-,63-/m0/s1. The molecule has 3 N–H and O–H groups in total. The Hall–Kier alpha value is -8.78. The fourth-order valence-corrected chi connectivity index (χ4v) is 15.0. The number of rotatable bonds is 14. The van der Waals surface area contributed by atoms with Crippen LogP contribution in [-0.2, 0) is 87.5 Å². The molecule has 0 unspecified atom stereocenters. The average Bonchev–Trinajstić information content (AvgIpc) is 1.17. The molecule has 2 bridgehead atoms. The smallest absolute Gasteiger partial charge is 0.377 e. The van der Waals surface area contributed by atoms with Crippen LogP contribution in [-0.4, -0.2) is 264 Å². The zero-order valence-corrected chi connectivity index (χ0v) is 63.6. The number of ether oxygens (including phenoxy) is 1. The Morgan fingerprint density at radius 1 is 0.667 bits per heavy atom. The summed E-state index contributed by atoms with van der Waals surface area (Å²) < 4.78 is 120. The van der Waals surface area contributed by atoms with Gasteiger partial charge in [-0.25, -0.2) is 8.78 Å². The summed E-state index contributed by atoms with van der Waals surface area (Å²) in [5.74, 6) is -15.1. The number of aryl methyl sites for hydroxylation is 1. The van der Waals surface area contributed by atoms with Crippen molar-refractivity contribution in [1.29, 1.82) is 0 Å². The minimum atomic E-state index is -5.46. The van der Waals surface area contributed by atoms with Crippen LogP contribution in [0.1, 0.15) is 153 Å². The van der Waals surface area contributed by atoms with Crippen LogP contribution < -0.4 is 16.0 Å². The van der Waals surface area contributed by atoms with E-state index in [-0.39, 0.29) is 63.8 Å². The number of nitrogens with one attached hydrogen (secondary N) is 3. The molecule has 598 valence electrons. The molecular formula is C75H104F8N12O13. The number of hydrogen-bond acceptors (Lipinski definition) is 13. The van der Waals surface area contributed by atoms with Crippen LogP contribution in [0.2, 0.25) is 0 Å². The molecule has 33 heteroatoms. The minimum Gasteiger partial charge on any atom is -0.377 e. The number of benzene rings is 2. The van der Waals surface area contributed by atoms with Crippen molar-refractivity contribution in [3.05, 3.63) is 82.4 Å². The summed E-state index contributed by atoms with van der Waals surface area (Å²) in [4.78, 5) is 190. The first-order valence-electron chi connectivity index (χ1n) is 37.0. The molecule has 3 aliphatic heterocycles. The van der Waals surface area contributed by atoms with E-state index < -0.39 is 222 Å². The maximum absolute atomic E-state index is 15.5. The van der Waals surface area contributed by atoms with Gasteiger partial charge in [0, 0.05) is 88.9 Å². The molecule has 2 aliphatic carbocycles. The van der Waals surface area contributed by atoms with E-state index in [9.17, 15) is 55.1 Å². The molecule has 12 amide bonds. The van der Waals surface area contributed by atoms with Gasteiger partial charge in [-0.05, 0) is 118 Å². The summed E-state index contributed by atoms with van der Waals surface area (Å²) in [7, 11) is 10.7. The zero-order chi connectivity index (χ0) is 80.2. The molecule has 3 heterocycles. The van der Waals surface area contributed by atoms with Crippen LogP contribution >= 0.6 is 0 Å². The third kappa shape index (κ3) is 20.6. The molecule has 25 nitrogen and oxygen atoms in total. The second-order valence-electron chi connectivity index (χ2n) is 29.5. The molecule has 5 aliphatic rings. The summed E-state index contributed by atoms with van der Waals surface area (Å²) in [6, 6.07) is -7.26. The van der Waals surface area contributed by atoms with E-state index in [1.54, 1.807) is 32.9 Å². The molecule has 0 aromatic heterocycles. The van der Waals surface area contributed by atoms with Crippen LogP contribution in [0.5, 0.6) is 0 Å². The highest BCUT2D eigenvalue weighted by Crippen LogP contribution is 2.40. The zero-order valence-electron chi connectivity index (χ0n) is 63.6. The Kier molecular flexibility index (Phi) is 29.7. The molecule has 2 aromatic carbocycles. The third-order valence-corrected chi connectivity index (χ3v) is 21.9. The molecule has 2 aromatic rings. The van der Waals surface area contributed by atoms with Crippen LogP contribution in [0, 0.1) is 23.5 Å². The maximum Gasteiger partial charge on any atom is 0.422 e. The largest absolute Gasteiger partial charge is 0.422 e. The van der Waals surface area contributed by atoms with E-state index in [2.05, 4.69) is 16.0 Å². The predicted molar refractivity (Wildman–Crippen MR) is 379 cm³/mol. The Labute approximate surface area is 625 Å². The summed E-state index contributed by atoms with van der Waals surface area (Å²) in [6.45, 7) is 4.79. The van der Waals surface area contributed by atoms with Gasteiger partial charge in [-0.3, -0.25) is 57.5 Å². The maximum atomic E-state index is 15.5. The van der Waals surface area contributed by atoms with Gasteiger partial charge in [0.2, 0.25) is 70.9 Å². The Bertz CT molecular complexity index is 3620. The lowest BCUT2D eigenvalue weighted by Crippen LogP contribution is -2.68. The van der Waals surface area contributed by atoms with Gasteiger partial charge >= 0.3 is 12.4 Å². The van der Waals surface area contributed by atoms with E-state index >= 15 is 37.5 Å². The van der Waals surface area contributed by atoms with Crippen molar-refractivity contribution in [3.63, 3.8) is 0 Å². The Balaban J connectivity index is 1.35. The number of likely N-dealkylation sites (N-methyl/N-ethyl adjacent to an activating group) is 7. The van der Waals surface area contributed by atoms with Gasteiger partial charge in [-0.1, -0.05) is 77.2 Å². The van der Waals surface area contributed by atoms with Crippen molar-refractivity contribution in [2.24, 2.45) is 11.8 Å². The van der Waals surface area contributed by atoms with Gasteiger partial charge in [0.15, 0.2) is 0 Å². The number of carbonyl (C=O) groups is 12. The third-order valence-electron chi connectivity index (χ3n) is 21.9. The summed E-state index contributed by atoms with van der Waals surface area (Å²) >= 11 is 0. The predicted octanol–water partition coefficient (Wildman–Crippen LogP) is 5.88. The minimum absolute atomic E-state index is 0.0356. The monoisotopic (exact) mass is 1530 g/mol. The van der Waals surface area contributed by atoms with E-state index in [4.69, 9.17) is 4.74 Å². The quantitative estimate of drug-likeness (QED) is 0.147. The number of alkyl halides is 6. The molecule has 4 fully saturated rings. The van der Waals surface area contributed by atoms with E-state index in [1.165, 1.54) is 59.1 Å². The number of fused-ring (bicyclic) bond motifs is 3. The van der Waals surface area contributed by atoms with E-state index in [0.29, 0.717) is 63.5 Å². The van der Waals surface area contributed by atoms with Crippen molar-refractivity contribution in [2.75, 3.05) is 89.2 Å². The molecule has 2 saturated carbocycles. The van der Waals surface area contributed by atoms with Crippen LogP contribution in [0.15, 0.2) is 48.6 Å². The first-order chi connectivity index (χ1) is 50.7. The molecule has 0 radical (unpaired) electrons. The topological polar surface area (TPSA) is 279 Å². The van der Waals surface area contributed by atoms with Crippen molar-refractivity contribution in [3.8, 4) is 0 Å². The number of carbonyl (C=O) groups excluding carboxylic acids is 12. The number of hydrogen-bond donors (Lipinski definition) is 3. The lowest BCUT2D eigenvalue weighted by atomic mass is 9.74. The number of amides is 12. The Morgan fingerprint density at radius 3 is 1.86 bits per heavy atom. The van der Waals surface area contributed by atoms with Crippen molar-refractivity contribution >= 4 is 70.9 Å². The first kappa shape index (κ1) is 86.5. The fraction of sp³-hybridized carbons (Fsp3) is 0.653. The number of halogens is 8. The van der Waals surface area contributed by atoms with Crippen molar-refractivity contribution in [2.45, 2.75) is 216 Å². The molecule has 1 spiro atoms. The highest BCUT2D eigenvalue weighted by Gasteiger charge is 2.54. The highest BCUT2D eigenvalue weighted by molar-refractivity contribution is 6.01. The van der Waals surface area contributed by atoms with Gasteiger partial charge < -0.3 is 64.8 Å². The van der Waals surface area contributed by atoms with Gasteiger partial charge in [0.1, 0.15) is 71.1 Å². The van der Waals surface area contributed by atoms with Gasteiger partial charge in [0.25, 0.3) is 0 Å². The Morgan fingerprint density at radius 2 is 1.30 bits per heavy atom. The lowest BCUT2D eigenvalue weighted by Gasteiger charge is -2.46. The second-order valence-corrected chi connectivity index (χ2v) is 29.5. The van der Waals surface area contributed by atoms with Crippen molar-refractivity contribution < 1.29 is 97.4 Å². The van der Waals surface area contributed by atoms with Crippen LogP contribution in [0.4, 0.5) is 35.1 Å². The number of unbranched alkanes of at least 4 members (excludes halogenated alkanes) is 1. The first-order valence-corrected chi connectivity index (χ1v) is 37.0. The van der Waals surface area contributed by atoms with E-state index in [1.807, 2.05) is 6.92 Å². The van der Waals surface area contributed by atoms with Crippen LogP contribution in [0.25, 0.3) is 0 Å². The lowest BCUT2D eigenvalue weighted by molar-refractivity contribution is -0.157. The summed E-state index contributed by atoms with van der Waals surface area (Å²) in [5.41, 5.74) is -5.24. The van der Waals surface area contributed by atoms with Crippen LogP contribution in [0.3, 0.4) is 0 Å². The molecule has 10 atom stereocenters. The fourth-order valence-electron chi connectivity index (χ4n) is 15.0. The van der Waals surface area contributed by atoms with Crippen molar-refractivity contribution in [1.82, 2.24) is 60.0 Å².